The van der Waals surface area contributed by atoms with Crippen LogP contribution in [0.1, 0.15) is 22.6 Å². The second-order valence-electron chi connectivity index (χ2n) is 4.35. The first kappa shape index (κ1) is 11.6. The van der Waals surface area contributed by atoms with E-state index in [0.29, 0.717) is 0 Å². The Kier molecular flexibility index (Phi) is 3.71. The van der Waals surface area contributed by atoms with E-state index in [4.69, 9.17) is 0 Å². The maximum atomic E-state index is 11.2. The van der Waals surface area contributed by atoms with Crippen LogP contribution in [0.5, 0.6) is 0 Å². The molecule has 0 amide bonds. The van der Waals surface area contributed by atoms with Gasteiger partial charge < -0.3 is 4.79 Å². The molecule has 1 atom stereocenters. The molecule has 0 saturated carbocycles. The second kappa shape index (κ2) is 5.44. The third-order valence-corrected chi connectivity index (χ3v) is 2.93. The molecule has 0 aromatic heterocycles. The fourth-order valence-electron chi connectivity index (χ4n) is 2.04. The Morgan fingerprint density at radius 3 is 2.47 bits per heavy atom. The Morgan fingerprint density at radius 1 is 1.06 bits per heavy atom. The number of carbonyl (C=O) groups is 1. The molecule has 0 aliphatic rings. The monoisotopic (exact) mass is 224 g/mol. The van der Waals surface area contributed by atoms with E-state index in [0.717, 1.165) is 18.3 Å². The Morgan fingerprint density at radius 2 is 1.82 bits per heavy atom. The van der Waals surface area contributed by atoms with Gasteiger partial charge in [0.25, 0.3) is 0 Å². The van der Waals surface area contributed by atoms with Crippen molar-refractivity contribution in [1.29, 1.82) is 0 Å². The van der Waals surface area contributed by atoms with Crippen molar-refractivity contribution in [1.82, 2.24) is 0 Å². The summed E-state index contributed by atoms with van der Waals surface area (Å²) in [5.74, 6) is -0.0435. The SMILES string of the molecule is Cc1cccc(CC(C=O)c2ccccc2)c1. The number of hydrogen-bond donors (Lipinski definition) is 0. The lowest BCUT2D eigenvalue weighted by Crippen LogP contribution is -2.04. The van der Waals surface area contributed by atoms with Gasteiger partial charge in [-0.2, -0.15) is 0 Å². The van der Waals surface area contributed by atoms with Crippen LogP contribution in [0.2, 0.25) is 0 Å². The van der Waals surface area contributed by atoms with Crippen LogP contribution < -0.4 is 0 Å². The molecular weight excluding hydrogens is 208 g/mol. The van der Waals surface area contributed by atoms with Gasteiger partial charge in [0.2, 0.25) is 0 Å². The van der Waals surface area contributed by atoms with Crippen molar-refractivity contribution in [2.45, 2.75) is 19.3 Å². The molecule has 0 aliphatic heterocycles. The molecule has 1 nitrogen and oxygen atoms in total. The van der Waals surface area contributed by atoms with Crippen molar-refractivity contribution in [2.75, 3.05) is 0 Å². The predicted octanol–water partition coefficient (Wildman–Crippen LogP) is 3.52. The third kappa shape index (κ3) is 3.04. The summed E-state index contributed by atoms with van der Waals surface area (Å²) in [6, 6.07) is 18.3. The molecule has 2 aromatic carbocycles. The molecule has 0 aliphatic carbocycles. The number of carbonyl (C=O) groups excluding carboxylic acids is 1. The van der Waals surface area contributed by atoms with Crippen molar-refractivity contribution in [3.8, 4) is 0 Å². The van der Waals surface area contributed by atoms with Gasteiger partial charge in [-0.05, 0) is 24.5 Å². The van der Waals surface area contributed by atoms with Crippen molar-refractivity contribution in [2.24, 2.45) is 0 Å². The minimum atomic E-state index is -0.0435. The van der Waals surface area contributed by atoms with Gasteiger partial charge in [0.1, 0.15) is 6.29 Å². The lowest BCUT2D eigenvalue weighted by Gasteiger charge is -2.11. The van der Waals surface area contributed by atoms with Gasteiger partial charge in [0.05, 0.1) is 0 Å². The molecule has 86 valence electrons. The third-order valence-electron chi connectivity index (χ3n) is 2.93. The molecular formula is C16H16O. The summed E-state index contributed by atoms with van der Waals surface area (Å²) in [5, 5.41) is 0. The predicted molar refractivity (Wildman–Crippen MR) is 70.1 cm³/mol. The molecule has 0 saturated heterocycles. The van der Waals surface area contributed by atoms with Gasteiger partial charge >= 0.3 is 0 Å². The fourth-order valence-corrected chi connectivity index (χ4v) is 2.04. The number of rotatable bonds is 4. The highest BCUT2D eigenvalue weighted by Gasteiger charge is 2.10. The van der Waals surface area contributed by atoms with Crippen LogP contribution in [-0.4, -0.2) is 6.29 Å². The maximum Gasteiger partial charge on any atom is 0.127 e. The van der Waals surface area contributed by atoms with E-state index in [1.165, 1.54) is 11.1 Å². The molecule has 0 radical (unpaired) electrons. The molecule has 1 heteroatoms. The smallest absolute Gasteiger partial charge is 0.127 e. The first-order valence-electron chi connectivity index (χ1n) is 5.85. The minimum Gasteiger partial charge on any atom is -0.303 e. The van der Waals surface area contributed by atoms with Crippen LogP contribution in [0.15, 0.2) is 54.6 Å². The highest BCUT2D eigenvalue weighted by Crippen LogP contribution is 2.19. The topological polar surface area (TPSA) is 17.1 Å². The molecule has 0 heterocycles. The molecule has 17 heavy (non-hydrogen) atoms. The molecule has 0 bridgehead atoms. The van der Waals surface area contributed by atoms with E-state index >= 15 is 0 Å². The van der Waals surface area contributed by atoms with Gasteiger partial charge in [0, 0.05) is 5.92 Å². The fraction of sp³-hybridized carbons (Fsp3) is 0.188. The molecule has 2 rings (SSSR count). The Balaban J connectivity index is 2.19. The number of hydrogen-bond acceptors (Lipinski definition) is 1. The number of benzene rings is 2. The Labute approximate surface area is 102 Å². The Bertz CT molecular complexity index is 488. The van der Waals surface area contributed by atoms with Gasteiger partial charge in [-0.25, -0.2) is 0 Å². The molecule has 1 unspecified atom stereocenters. The van der Waals surface area contributed by atoms with E-state index in [9.17, 15) is 4.79 Å². The van der Waals surface area contributed by atoms with Crippen molar-refractivity contribution >= 4 is 6.29 Å². The van der Waals surface area contributed by atoms with Crippen molar-refractivity contribution < 1.29 is 4.79 Å². The molecule has 0 N–H and O–H groups in total. The van der Waals surface area contributed by atoms with Crippen LogP contribution in [0, 0.1) is 6.92 Å². The highest BCUT2D eigenvalue weighted by molar-refractivity contribution is 5.62. The second-order valence-corrected chi connectivity index (χ2v) is 4.35. The van der Waals surface area contributed by atoms with Gasteiger partial charge in [-0.1, -0.05) is 60.2 Å². The standard InChI is InChI=1S/C16H16O/c1-13-6-5-7-14(10-13)11-16(12-17)15-8-3-2-4-9-15/h2-10,12,16H,11H2,1H3. The van der Waals surface area contributed by atoms with Crippen LogP contribution in [-0.2, 0) is 11.2 Å². The largest absolute Gasteiger partial charge is 0.303 e. The van der Waals surface area contributed by atoms with E-state index in [2.05, 4.69) is 25.1 Å². The summed E-state index contributed by atoms with van der Waals surface area (Å²) >= 11 is 0. The summed E-state index contributed by atoms with van der Waals surface area (Å²) < 4.78 is 0. The van der Waals surface area contributed by atoms with Crippen LogP contribution in [0.25, 0.3) is 0 Å². The van der Waals surface area contributed by atoms with E-state index in [1.807, 2.05) is 36.4 Å². The summed E-state index contributed by atoms with van der Waals surface area (Å²) in [4.78, 5) is 11.2. The van der Waals surface area contributed by atoms with E-state index in [1.54, 1.807) is 0 Å². The maximum absolute atomic E-state index is 11.2. The highest BCUT2D eigenvalue weighted by atomic mass is 16.1. The van der Waals surface area contributed by atoms with Crippen molar-refractivity contribution in [3.05, 3.63) is 71.3 Å². The average molecular weight is 224 g/mol. The summed E-state index contributed by atoms with van der Waals surface area (Å²) in [7, 11) is 0. The number of aldehydes is 1. The minimum absolute atomic E-state index is 0.0435. The van der Waals surface area contributed by atoms with Crippen LogP contribution in [0.3, 0.4) is 0 Å². The van der Waals surface area contributed by atoms with Gasteiger partial charge in [-0.3, -0.25) is 0 Å². The zero-order valence-corrected chi connectivity index (χ0v) is 9.97. The lowest BCUT2D eigenvalue weighted by atomic mass is 9.93. The average Bonchev–Trinajstić information content (AvgIpc) is 2.37. The zero-order chi connectivity index (χ0) is 12.1. The van der Waals surface area contributed by atoms with Crippen LogP contribution in [0.4, 0.5) is 0 Å². The normalized spacial score (nSPS) is 12.1. The van der Waals surface area contributed by atoms with E-state index in [-0.39, 0.29) is 5.92 Å². The van der Waals surface area contributed by atoms with Gasteiger partial charge in [0.15, 0.2) is 0 Å². The first-order valence-corrected chi connectivity index (χ1v) is 5.85. The lowest BCUT2D eigenvalue weighted by molar-refractivity contribution is -0.109. The molecule has 2 aromatic rings. The summed E-state index contributed by atoms with van der Waals surface area (Å²) in [6.45, 7) is 2.07. The van der Waals surface area contributed by atoms with Gasteiger partial charge in [-0.15, -0.1) is 0 Å². The molecule has 0 spiro atoms. The zero-order valence-electron chi connectivity index (χ0n) is 9.97. The summed E-state index contributed by atoms with van der Waals surface area (Å²) in [6.07, 6.45) is 1.81. The van der Waals surface area contributed by atoms with E-state index < -0.39 is 0 Å². The summed E-state index contributed by atoms with van der Waals surface area (Å²) in [5.41, 5.74) is 3.54. The first-order chi connectivity index (χ1) is 8.29. The number of aryl methyl sites for hydroxylation is 1. The quantitative estimate of drug-likeness (QED) is 0.726. The van der Waals surface area contributed by atoms with Crippen LogP contribution >= 0.6 is 0 Å². The van der Waals surface area contributed by atoms with Crippen molar-refractivity contribution in [3.63, 3.8) is 0 Å². The molecule has 0 fully saturated rings. The Hall–Kier alpha value is -1.89.